The minimum atomic E-state index is -4.50. The molecule has 1 aromatic heterocycles. The van der Waals surface area contributed by atoms with Crippen molar-refractivity contribution in [1.29, 1.82) is 0 Å². The molecule has 9 heteroatoms. The zero-order valence-electron chi connectivity index (χ0n) is 10.7. The highest BCUT2D eigenvalue weighted by Gasteiger charge is 2.32. The third-order valence-corrected chi connectivity index (χ3v) is 2.28. The lowest BCUT2D eigenvalue weighted by Gasteiger charge is -2.09. The van der Waals surface area contributed by atoms with Crippen molar-refractivity contribution in [1.82, 2.24) is 15.3 Å². The molecule has 112 valence electrons. The van der Waals surface area contributed by atoms with Gasteiger partial charge in [0.25, 0.3) is 0 Å². The Morgan fingerprint density at radius 1 is 1.35 bits per heavy atom. The Hall–Kier alpha value is -1.90. The first-order valence-corrected chi connectivity index (χ1v) is 6.04. The normalized spacial score (nSPS) is 11.2. The third kappa shape index (κ3) is 5.83. The van der Waals surface area contributed by atoms with Crippen molar-refractivity contribution in [3.63, 3.8) is 0 Å². The summed E-state index contributed by atoms with van der Waals surface area (Å²) in [4.78, 5) is 18.2. The first-order valence-electron chi connectivity index (χ1n) is 6.04. The number of amides is 1. The second kappa shape index (κ2) is 7.63. The van der Waals surface area contributed by atoms with E-state index in [9.17, 15) is 18.0 Å². The van der Waals surface area contributed by atoms with Gasteiger partial charge >= 0.3 is 6.18 Å². The molecule has 0 saturated carbocycles. The van der Waals surface area contributed by atoms with E-state index in [-0.39, 0.29) is 24.9 Å². The Bertz CT molecular complexity index is 438. The summed E-state index contributed by atoms with van der Waals surface area (Å²) in [7, 11) is 0. The van der Waals surface area contributed by atoms with Gasteiger partial charge in [0.05, 0.1) is 0 Å². The van der Waals surface area contributed by atoms with E-state index in [1.54, 1.807) is 0 Å². The number of nitrogens with one attached hydrogen (secondary N) is 2. The van der Waals surface area contributed by atoms with E-state index in [2.05, 4.69) is 20.6 Å². The molecule has 0 spiro atoms. The fraction of sp³-hybridized carbons (Fsp3) is 0.545. The summed E-state index contributed by atoms with van der Waals surface area (Å²) >= 11 is 0. The quantitative estimate of drug-likeness (QED) is 0.645. The van der Waals surface area contributed by atoms with Crippen molar-refractivity contribution in [3.05, 3.63) is 18.0 Å². The first-order chi connectivity index (χ1) is 9.43. The summed E-state index contributed by atoms with van der Waals surface area (Å²) in [5, 5.41) is 5.20. The van der Waals surface area contributed by atoms with Crippen molar-refractivity contribution in [2.24, 2.45) is 5.73 Å². The molecule has 1 heterocycles. The van der Waals surface area contributed by atoms with Gasteiger partial charge in [0.1, 0.15) is 5.69 Å². The van der Waals surface area contributed by atoms with Gasteiger partial charge in [-0.15, -0.1) is 0 Å². The van der Waals surface area contributed by atoms with Crippen LogP contribution in [0.4, 0.5) is 19.1 Å². The van der Waals surface area contributed by atoms with Crippen LogP contribution >= 0.6 is 0 Å². The first kappa shape index (κ1) is 16.2. The number of anilines is 1. The molecule has 1 aromatic rings. The zero-order valence-corrected chi connectivity index (χ0v) is 10.7. The van der Waals surface area contributed by atoms with Gasteiger partial charge in [-0.25, -0.2) is 9.97 Å². The predicted octanol–water partition coefficient (Wildman–Crippen LogP) is 0.762. The van der Waals surface area contributed by atoms with Crippen LogP contribution in [0, 0.1) is 0 Å². The van der Waals surface area contributed by atoms with Crippen LogP contribution in [0.15, 0.2) is 12.3 Å². The minimum Gasteiger partial charge on any atom is -0.354 e. The van der Waals surface area contributed by atoms with Gasteiger partial charge in [0, 0.05) is 25.7 Å². The summed E-state index contributed by atoms with van der Waals surface area (Å²) in [5.41, 5.74) is 4.24. The maximum absolute atomic E-state index is 12.4. The van der Waals surface area contributed by atoms with E-state index in [1.807, 2.05) is 0 Å². The van der Waals surface area contributed by atoms with Gasteiger partial charge in [-0.1, -0.05) is 0 Å². The van der Waals surface area contributed by atoms with E-state index in [1.165, 1.54) is 0 Å². The van der Waals surface area contributed by atoms with Gasteiger partial charge in [-0.05, 0) is 19.0 Å². The molecule has 1 rings (SSSR count). The number of nitrogens with zero attached hydrogens (tertiary/aromatic N) is 2. The summed E-state index contributed by atoms with van der Waals surface area (Å²) < 4.78 is 37.2. The van der Waals surface area contributed by atoms with E-state index in [4.69, 9.17) is 5.73 Å². The lowest BCUT2D eigenvalue weighted by Crippen LogP contribution is -2.29. The second-order valence-corrected chi connectivity index (χ2v) is 3.93. The molecule has 0 aliphatic rings. The predicted molar refractivity (Wildman–Crippen MR) is 66.8 cm³/mol. The number of hydrogen-bond donors (Lipinski definition) is 3. The van der Waals surface area contributed by atoms with Crippen LogP contribution in [0.25, 0.3) is 0 Å². The number of hydrogen-bond acceptors (Lipinski definition) is 5. The average Bonchev–Trinajstić information content (AvgIpc) is 2.41. The Balaban J connectivity index is 2.34. The SMILES string of the molecule is NCCCC(=O)NCCNc1nccc(C(F)(F)F)n1. The maximum Gasteiger partial charge on any atom is 0.433 e. The smallest absolute Gasteiger partial charge is 0.354 e. The van der Waals surface area contributed by atoms with E-state index < -0.39 is 11.9 Å². The number of aromatic nitrogens is 2. The van der Waals surface area contributed by atoms with Crippen molar-refractivity contribution < 1.29 is 18.0 Å². The Morgan fingerprint density at radius 3 is 2.75 bits per heavy atom. The monoisotopic (exact) mass is 291 g/mol. The molecule has 20 heavy (non-hydrogen) atoms. The highest BCUT2D eigenvalue weighted by molar-refractivity contribution is 5.75. The number of halogens is 3. The van der Waals surface area contributed by atoms with Gasteiger partial charge in [-0.3, -0.25) is 4.79 Å². The van der Waals surface area contributed by atoms with Gasteiger partial charge in [-0.2, -0.15) is 13.2 Å². The summed E-state index contributed by atoms with van der Waals surface area (Å²) in [6.45, 7) is 0.933. The van der Waals surface area contributed by atoms with Crippen molar-refractivity contribution in [3.8, 4) is 0 Å². The third-order valence-electron chi connectivity index (χ3n) is 2.28. The zero-order chi connectivity index (χ0) is 15.0. The van der Waals surface area contributed by atoms with Crippen LogP contribution in [-0.4, -0.2) is 35.5 Å². The van der Waals surface area contributed by atoms with Crippen LogP contribution in [0.2, 0.25) is 0 Å². The van der Waals surface area contributed by atoms with Crippen LogP contribution in [0.5, 0.6) is 0 Å². The largest absolute Gasteiger partial charge is 0.433 e. The molecule has 0 aliphatic heterocycles. The topological polar surface area (TPSA) is 92.9 Å². The molecule has 4 N–H and O–H groups in total. The van der Waals surface area contributed by atoms with Crippen LogP contribution in [-0.2, 0) is 11.0 Å². The maximum atomic E-state index is 12.4. The second-order valence-electron chi connectivity index (χ2n) is 3.93. The minimum absolute atomic E-state index is 0.129. The van der Waals surface area contributed by atoms with E-state index >= 15 is 0 Å². The molecule has 0 fully saturated rings. The lowest BCUT2D eigenvalue weighted by molar-refractivity contribution is -0.141. The number of alkyl halides is 3. The van der Waals surface area contributed by atoms with Crippen LogP contribution in [0.3, 0.4) is 0 Å². The molecule has 0 saturated heterocycles. The fourth-order valence-electron chi connectivity index (χ4n) is 1.33. The van der Waals surface area contributed by atoms with Crippen LogP contribution < -0.4 is 16.4 Å². The van der Waals surface area contributed by atoms with Gasteiger partial charge in [0.15, 0.2) is 0 Å². The summed E-state index contributed by atoms with van der Waals surface area (Å²) in [6, 6.07) is 0.791. The van der Waals surface area contributed by atoms with Gasteiger partial charge < -0.3 is 16.4 Å². The molecular weight excluding hydrogens is 275 g/mol. The highest BCUT2D eigenvalue weighted by atomic mass is 19.4. The summed E-state index contributed by atoms with van der Waals surface area (Å²) in [5.74, 6) is -0.279. The number of rotatable bonds is 7. The average molecular weight is 291 g/mol. The molecule has 6 nitrogen and oxygen atoms in total. The molecule has 1 amide bonds. The summed E-state index contributed by atoms with van der Waals surface area (Å²) in [6.07, 6.45) is -2.56. The van der Waals surface area contributed by atoms with Crippen molar-refractivity contribution in [2.75, 3.05) is 25.0 Å². The van der Waals surface area contributed by atoms with Crippen molar-refractivity contribution in [2.45, 2.75) is 19.0 Å². The molecular formula is C11H16F3N5O. The molecule has 0 atom stereocenters. The van der Waals surface area contributed by atoms with E-state index in [0.29, 0.717) is 19.4 Å². The molecule has 0 unspecified atom stereocenters. The Labute approximate surface area is 114 Å². The molecule has 0 aliphatic carbocycles. The molecule has 0 bridgehead atoms. The number of nitrogens with two attached hydrogens (primary N) is 1. The Morgan fingerprint density at radius 2 is 2.10 bits per heavy atom. The highest BCUT2D eigenvalue weighted by Crippen LogP contribution is 2.27. The Kier molecular flexibility index (Phi) is 6.16. The van der Waals surface area contributed by atoms with Gasteiger partial charge in [0.2, 0.25) is 11.9 Å². The van der Waals surface area contributed by atoms with Crippen molar-refractivity contribution >= 4 is 11.9 Å². The number of carbonyl (C=O) groups excluding carboxylic acids is 1. The van der Waals surface area contributed by atoms with E-state index in [0.717, 1.165) is 12.3 Å². The molecule has 0 radical (unpaired) electrons. The number of carbonyl (C=O) groups is 1. The fourth-order valence-corrected chi connectivity index (χ4v) is 1.33. The lowest BCUT2D eigenvalue weighted by atomic mass is 10.3. The molecule has 0 aromatic carbocycles. The van der Waals surface area contributed by atoms with Crippen LogP contribution in [0.1, 0.15) is 18.5 Å². The standard InChI is InChI=1S/C11H16F3N5O/c12-11(13,14)8-3-5-17-10(19-8)18-7-6-16-9(20)2-1-4-15/h3,5H,1-2,4,6-7,15H2,(H,16,20)(H,17,18,19).